The highest BCUT2D eigenvalue weighted by molar-refractivity contribution is 5.70. The standard InChI is InChI=1S/C10H14N2O2/c1-4-11-5-6-12(7-11)9(8(2)3)10(13)14/h4-9H,1H2,2-3H3/p+1. The maximum atomic E-state index is 11.0. The number of hydrogen-bond acceptors (Lipinski definition) is 1. The van der Waals surface area contributed by atoms with Gasteiger partial charge in [0.2, 0.25) is 6.33 Å². The second-order valence-electron chi connectivity index (χ2n) is 3.52. The van der Waals surface area contributed by atoms with Crippen molar-refractivity contribution in [2.24, 2.45) is 5.92 Å². The predicted octanol–water partition coefficient (Wildman–Crippen LogP) is 1.16. The van der Waals surface area contributed by atoms with Crippen LogP contribution in [-0.4, -0.2) is 15.6 Å². The Morgan fingerprint density at radius 3 is 2.64 bits per heavy atom. The Morgan fingerprint density at radius 2 is 2.29 bits per heavy atom. The fraction of sp³-hybridized carbons (Fsp3) is 0.400. The smallest absolute Gasteiger partial charge is 0.349 e. The molecule has 0 aliphatic carbocycles. The summed E-state index contributed by atoms with van der Waals surface area (Å²) in [4.78, 5) is 11.0. The molecule has 1 rings (SSSR count). The molecule has 1 aromatic heterocycles. The van der Waals surface area contributed by atoms with E-state index in [1.165, 1.54) is 0 Å². The summed E-state index contributed by atoms with van der Waals surface area (Å²) in [6.45, 7) is 7.37. The lowest BCUT2D eigenvalue weighted by Gasteiger charge is -2.11. The fourth-order valence-corrected chi connectivity index (χ4v) is 1.41. The van der Waals surface area contributed by atoms with Gasteiger partial charge in [0.05, 0.1) is 6.20 Å². The summed E-state index contributed by atoms with van der Waals surface area (Å²) >= 11 is 0. The van der Waals surface area contributed by atoms with Crippen LogP contribution in [0.4, 0.5) is 0 Å². The minimum Gasteiger partial charge on any atom is -0.478 e. The molecular weight excluding hydrogens is 180 g/mol. The topological polar surface area (TPSA) is 46.1 Å². The number of aliphatic carboxylic acids is 1. The van der Waals surface area contributed by atoms with E-state index in [2.05, 4.69) is 6.58 Å². The van der Waals surface area contributed by atoms with Crippen LogP contribution in [0.15, 0.2) is 25.3 Å². The summed E-state index contributed by atoms with van der Waals surface area (Å²) in [5.41, 5.74) is 0. The van der Waals surface area contributed by atoms with Crippen molar-refractivity contribution in [1.82, 2.24) is 4.57 Å². The summed E-state index contributed by atoms with van der Waals surface area (Å²) in [5, 5.41) is 9.02. The van der Waals surface area contributed by atoms with Crippen LogP contribution in [0.5, 0.6) is 0 Å². The van der Waals surface area contributed by atoms with E-state index in [4.69, 9.17) is 5.11 Å². The third kappa shape index (κ3) is 2.02. The van der Waals surface area contributed by atoms with Crippen LogP contribution in [0.1, 0.15) is 19.9 Å². The monoisotopic (exact) mass is 195 g/mol. The fourth-order valence-electron chi connectivity index (χ4n) is 1.41. The number of carboxylic acid groups (broad SMARTS) is 1. The van der Waals surface area contributed by atoms with Crippen LogP contribution >= 0.6 is 0 Å². The second-order valence-corrected chi connectivity index (χ2v) is 3.52. The Bertz CT molecular complexity index is 342. The molecule has 1 heterocycles. The minimum atomic E-state index is -0.813. The Kier molecular flexibility index (Phi) is 3.06. The number of carboxylic acids is 1. The number of carbonyl (C=O) groups is 1. The third-order valence-corrected chi connectivity index (χ3v) is 2.09. The van der Waals surface area contributed by atoms with E-state index in [0.717, 1.165) is 0 Å². The maximum absolute atomic E-state index is 11.0. The first kappa shape index (κ1) is 10.5. The first-order valence-electron chi connectivity index (χ1n) is 4.50. The van der Waals surface area contributed by atoms with Gasteiger partial charge in [-0.05, 0) is 0 Å². The predicted molar refractivity (Wildman–Crippen MR) is 52.5 cm³/mol. The summed E-state index contributed by atoms with van der Waals surface area (Å²) in [5.74, 6) is -0.759. The van der Waals surface area contributed by atoms with Crippen LogP contribution < -0.4 is 4.57 Å². The van der Waals surface area contributed by atoms with Crippen molar-refractivity contribution in [1.29, 1.82) is 0 Å². The van der Waals surface area contributed by atoms with E-state index >= 15 is 0 Å². The summed E-state index contributed by atoms with van der Waals surface area (Å²) < 4.78 is 3.40. The van der Waals surface area contributed by atoms with E-state index < -0.39 is 12.0 Å². The van der Waals surface area contributed by atoms with Crippen molar-refractivity contribution < 1.29 is 14.5 Å². The Balaban J connectivity index is 2.99. The van der Waals surface area contributed by atoms with Crippen molar-refractivity contribution in [3.8, 4) is 0 Å². The quantitative estimate of drug-likeness (QED) is 0.733. The molecule has 0 spiro atoms. The second kappa shape index (κ2) is 4.09. The summed E-state index contributed by atoms with van der Waals surface area (Å²) in [6, 6.07) is -0.517. The first-order valence-corrected chi connectivity index (χ1v) is 4.50. The van der Waals surface area contributed by atoms with Crippen molar-refractivity contribution in [3.63, 3.8) is 0 Å². The molecule has 0 saturated carbocycles. The number of rotatable bonds is 4. The van der Waals surface area contributed by atoms with E-state index in [1.807, 2.05) is 13.8 Å². The van der Waals surface area contributed by atoms with Gasteiger partial charge in [0, 0.05) is 5.92 Å². The molecule has 14 heavy (non-hydrogen) atoms. The molecule has 0 amide bonds. The average Bonchev–Trinajstić information content (AvgIpc) is 2.51. The molecule has 0 aliphatic heterocycles. The molecule has 0 saturated heterocycles. The molecular formula is C10H15N2O2+. The molecule has 4 nitrogen and oxygen atoms in total. The number of aromatic nitrogens is 2. The average molecular weight is 195 g/mol. The highest BCUT2D eigenvalue weighted by Crippen LogP contribution is 2.10. The van der Waals surface area contributed by atoms with Crippen molar-refractivity contribution in [2.75, 3.05) is 0 Å². The zero-order valence-corrected chi connectivity index (χ0v) is 8.42. The first-order chi connectivity index (χ1) is 6.56. The molecule has 1 aromatic rings. The summed E-state index contributed by atoms with van der Waals surface area (Å²) in [6.07, 6.45) is 6.84. The zero-order valence-electron chi connectivity index (χ0n) is 8.42. The lowest BCUT2D eigenvalue weighted by atomic mass is 10.1. The van der Waals surface area contributed by atoms with Gasteiger partial charge in [0.25, 0.3) is 0 Å². The Morgan fingerprint density at radius 1 is 1.64 bits per heavy atom. The van der Waals surface area contributed by atoms with Gasteiger partial charge >= 0.3 is 5.97 Å². The van der Waals surface area contributed by atoms with Crippen molar-refractivity contribution in [2.45, 2.75) is 19.9 Å². The molecule has 0 radical (unpaired) electrons. The number of hydrogen-bond donors (Lipinski definition) is 1. The van der Waals surface area contributed by atoms with Gasteiger partial charge in [-0.3, -0.25) is 0 Å². The molecule has 1 N–H and O–H groups in total. The molecule has 0 fully saturated rings. The zero-order chi connectivity index (χ0) is 10.7. The molecule has 0 aliphatic rings. The van der Waals surface area contributed by atoms with E-state index in [0.29, 0.717) is 0 Å². The van der Waals surface area contributed by atoms with Crippen LogP contribution in [-0.2, 0) is 4.79 Å². The van der Waals surface area contributed by atoms with E-state index in [9.17, 15) is 4.79 Å². The molecule has 1 atom stereocenters. The van der Waals surface area contributed by atoms with Crippen molar-refractivity contribution >= 4 is 12.2 Å². The minimum absolute atomic E-state index is 0.0539. The summed E-state index contributed by atoms with van der Waals surface area (Å²) in [7, 11) is 0. The van der Waals surface area contributed by atoms with Gasteiger partial charge in [-0.25, -0.2) is 13.9 Å². The molecule has 0 bridgehead atoms. The van der Waals surface area contributed by atoms with Crippen molar-refractivity contribution in [3.05, 3.63) is 25.3 Å². The molecule has 76 valence electrons. The number of imidazole rings is 1. The van der Waals surface area contributed by atoms with Gasteiger partial charge in [-0.15, -0.1) is 0 Å². The lowest BCUT2D eigenvalue weighted by molar-refractivity contribution is -0.715. The van der Waals surface area contributed by atoms with Gasteiger partial charge in [-0.1, -0.05) is 20.4 Å². The van der Waals surface area contributed by atoms with Crippen LogP contribution in [0.25, 0.3) is 6.20 Å². The highest BCUT2D eigenvalue weighted by atomic mass is 16.4. The third-order valence-electron chi connectivity index (χ3n) is 2.09. The van der Waals surface area contributed by atoms with E-state index in [1.54, 1.807) is 34.1 Å². The lowest BCUT2D eigenvalue weighted by Crippen LogP contribution is -2.45. The Hall–Kier alpha value is -1.58. The number of nitrogens with zero attached hydrogens (tertiary/aromatic N) is 2. The SMILES string of the molecule is C=Cn1cc[n+](C(C(=O)O)C(C)C)c1. The van der Waals surface area contributed by atoms with Crippen LogP contribution in [0.3, 0.4) is 0 Å². The van der Waals surface area contributed by atoms with E-state index in [-0.39, 0.29) is 5.92 Å². The van der Waals surface area contributed by atoms with Crippen LogP contribution in [0.2, 0.25) is 0 Å². The normalized spacial score (nSPS) is 12.8. The Labute approximate surface area is 83.1 Å². The molecule has 1 unspecified atom stereocenters. The molecule has 4 heteroatoms. The highest BCUT2D eigenvalue weighted by Gasteiger charge is 2.27. The van der Waals surface area contributed by atoms with Gasteiger partial charge in [0.15, 0.2) is 6.04 Å². The van der Waals surface area contributed by atoms with Gasteiger partial charge in [0.1, 0.15) is 12.4 Å². The van der Waals surface area contributed by atoms with Gasteiger partial charge < -0.3 is 5.11 Å². The molecule has 0 aromatic carbocycles. The largest absolute Gasteiger partial charge is 0.478 e. The maximum Gasteiger partial charge on any atom is 0.349 e. The van der Waals surface area contributed by atoms with Crippen LogP contribution in [0, 0.1) is 5.92 Å². The van der Waals surface area contributed by atoms with Gasteiger partial charge in [-0.2, -0.15) is 0 Å².